The maximum Gasteiger partial charge on any atom is 0.241 e. The standard InChI is InChI=1S/C18H23NO3S/c1-4-10-22-17-11-15(3)18(12-14(17)2)23(20,21)19-13-16-8-6-5-7-9-16/h5-9,11-12,19H,4,10,13H2,1-3H3. The lowest BCUT2D eigenvalue weighted by Crippen LogP contribution is -2.24. The minimum absolute atomic E-state index is 0.274. The number of hydrogen-bond acceptors (Lipinski definition) is 3. The Morgan fingerprint density at radius 1 is 1.04 bits per heavy atom. The Kier molecular flexibility index (Phi) is 5.80. The summed E-state index contributed by atoms with van der Waals surface area (Å²) in [6, 6.07) is 12.9. The lowest BCUT2D eigenvalue weighted by Gasteiger charge is -2.14. The molecule has 0 bridgehead atoms. The van der Waals surface area contributed by atoms with Gasteiger partial charge in [0.25, 0.3) is 0 Å². The molecule has 0 saturated heterocycles. The Bertz CT molecular complexity index is 755. The van der Waals surface area contributed by atoms with Crippen LogP contribution in [0.4, 0.5) is 0 Å². The molecule has 23 heavy (non-hydrogen) atoms. The molecule has 5 heteroatoms. The van der Waals surface area contributed by atoms with Gasteiger partial charge in [-0.1, -0.05) is 37.3 Å². The molecule has 0 aliphatic carbocycles. The number of aryl methyl sites for hydroxylation is 2. The van der Waals surface area contributed by atoms with Crippen molar-refractivity contribution in [3.05, 3.63) is 59.2 Å². The van der Waals surface area contributed by atoms with Gasteiger partial charge in [0.05, 0.1) is 11.5 Å². The van der Waals surface area contributed by atoms with Crippen molar-refractivity contribution < 1.29 is 13.2 Å². The van der Waals surface area contributed by atoms with Crippen LogP contribution in [0.1, 0.15) is 30.0 Å². The maximum atomic E-state index is 12.6. The first kappa shape index (κ1) is 17.5. The van der Waals surface area contributed by atoms with Crippen molar-refractivity contribution in [1.82, 2.24) is 4.72 Å². The molecule has 0 heterocycles. The van der Waals surface area contributed by atoms with Gasteiger partial charge in [-0.05, 0) is 49.1 Å². The highest BCUT2D eigenvalue weighted by Gasteiger charge is 2.18. The van der Waals surface area contributed by atoms with Gasteiger partial charge in [-0.3, -0.25) is 0 Å². The van der Waals surface area contributed by atoms with Crippen LogP contribution in [0.25, 0.3) is 0 Å². The average Bonchev–Trinajstić information content (AvgIpc) is 2.54. The van der Waals surface area contributed by atoms with Crippen molar-refractivity contribution in [3.8, 4) is 5.75 Å². The molecule has 2 aromatic rings. The zero-order chi connectivity index (χ0) is 16.9. The van der Waals surface area contributed by atoms with E-state index >= 15 is 0 Å². The van der Waals surface area contributed by atoms with Crippen molar-refractivity contribution in [1.29, 1.82) is 0 Å². The molecule has 0 aromatic heterocycles. The average molecular weight is 333 g/mol. The van der Waals surface area contributed by atoms with Gasteiger partial charge >= 0.3 is 0 Å². The van der Waals surface area contributed by atoms with Crippen molar-refractivity contribution in [2.45, 2.75) is 38.6 Å². The Morgan fingerprint density at radius 2 is 1.74 bits per heavy atom. The molecule has 0 atom stereocenters. The second-order valence-electron chi connectivity index (χ2n) is 5.54. The van der Waals surface area contributed by atoms with Gasteiger partial charge < -0.3 is 4.74 Å². The highest BCUT2D eigenvalue weighted by Crippen LogP contribution is 2.26. The number of hydrogen-bond donors (Lipinski definition) is 1. The predicted molar refractivity (Wildman–Crippen MR) is 92.2 cm³/mol. The number of sulfonamides is 1. The lowest BCUT2D eigenvalue weighted by molar-refractivity contribution is 0.315. The van der Waals surface area contributed by atoms with E-state index in [2.05, 4.69) is 4.72 Å². The van der Waals surface area contributed by atoms with E-state index in [4.69, 9.17) is 4.74 Å². The van der Waals surface area contributed by atoms with E-state index in [9.17, 15) is 8.42 Å². The van der Waals surface area contributed by atoms with Gasteiger partial charge in [-0.2, -0.15) is 0 Å². The number of rotatable bonds is 7. The molecule has 0 aliphatic heterocycles. The van der Waals surface area contributed by atoms with Crippen LogP contribution in [0.3, 0.4) is 0 Å². The van der Waals surface area contributed by atoms with Crippen molar-refractivity contribution >= 4 is 10.0 Å². The first-order chi connectivity index (χ1) is 10.9. The maximum absolute atomic E-state index is 12.6. The molecule has 2 aromatic carbocycles. The molecular formula is C18H23NO3S. The molecule has 1 N–H and O–H groups in total. The Morgan fingerprint density at radius 3 is 2.39 bits per heavy atom. The fourth-order valence-electron chi connectivity index (χ4n) is 2.27. The second-order valence-corrected chi connectivity index (χ2v) is 7.28. The summed E-state index contributed by atoms with van der Waals surface area (Å²) in [6.45, 7) is 6.58. The van der Waals surface area contributed by atoms with E-state index in [0.717, 1.165) is 23.3 Å². The van der Waals surface area contributed by atoms with Gasteiger partial charge in [0.15, 0.2) is 0 Å². The smallest absolute Gasteiger partial charge is 0.241 e. The van der Waals surface area contributed by atoms with E-state index < -0.39 is 10.0 Å². The van der Waals surface area contributed by atoms with Gasteiger partial charge in [-0.15, -0.1) is 0 Å². The van der Waals surface area contributed by atoms with E-state index in [1.54, 1.807) is 19.1 Å². The van der Waals surface area contributed by atoms with Crippen LogP contribution in [-0.2, 0) is 16.6 Å². The van der Waals surface area contributed by atoms with Gasteiger partial charge in [-0.25, -0.2) is 13.1 Å². The Labute approximate surface area is 138 Å². The van der Waals surface area contributed by atoms with E-state index in [-0.39, 0.29) is 6.54 Å². The van der Waals surface area contributed by atoms with Crippen LogP contribution in [0.15, 0.2) is 47.4 Å². The summed E-state index contributed by atoms with van der Waals surface area (Å²) in [6.07, 6.45) is 0.914. The summed E-state index contributed by atoms with van der Waals surface area (Å²) in [4.78, 5) is 0.301. The fraction of sp³-hybridized carbons (Fsp3) is 0.333. The molecule has 0 spiro atoms. The molecule has 4 nitrogen and oxygen atoms in total. The van der Waals surface area contributed by atoms with Crippen LogP contribution in [0, 0.1) is 13.8 Å². The Hall–Kier alpha value is -1.85. The third-order valence-electron chi connectivity index (χ3n) is 3.53. The third-order valence-corrected chi connectivity index (χ3v) is 5.08. The summed E-state index contributed by atoms with van der Waals surface area (Å²) in [7, 11) is -3.55. The van der Waals surface area contributed by atoms with E-state index in [1.807, 2.05) is 44.2 Å². The normalized spacial score (nSPS) is 11.4. The first-order valence-corrected chi connectivity index (χ1v) is 9.20. The van der Waals surface area contributed by atoms with Crippen molar-refractivity contribution in [2.75, 3.05) is 6.61 Å². The number of benzene rings is 2. The first-order valence-electron chi connectivity index (χ1n) is 7.71. The highest BCUT2D eigenvalue weighted by molar-refractivity contribution is 7.89. The molecule has 0 radical (unpaired) electrons. The molecule has 2 rings (SSSR count). The summed E-state index contributed by atoms with van der Waals surface area (Å²) in [5.41, 5.74) is 2.43. The molecule has 0 amide bonds. The number of ether oxygens (including phenoxy) is 1. The minimum atomic E-state index is -3.55. The molecule has 0 fully saturated rings. The molecular weight excluding hydrogens is 310 g/mol. The van der Waals surface area contributed by atoms with Gasteiger partial charge in [0.1, 0.15) is 5.75 Å². The molecule has 124 valence electrons. The fourth-order valence-corrected chi connectivity index (χ4v) is 3.60. The van der Waals surface area contributed by atoms with Crippen LogP contribution < -0.4 is 9.46 Å². The van der Waals surface area contributed by atoms with E-state index in [1.165, 1.54) is 0 Å². The zero-order valence-electron chi connectivity index (χ0n) is 13.8. The van der Waals surface area contributed by atoms with E-state index in [0.29, 0.717) is 17.1 Å². The summed E-state index contributed by atoms with van der Waals surface area (Å²) >= 11 is 0. The van der Waals surface area contributed by atoms with Gasteiger partial charge in [0, 0.05) is 6.54 Å². The Balaban J connectivity index is 2.20. The molecule has 0 saturated carbocycles. The third kappa shape index (κ3) is 4.56. The second kappa shape index (κ2) is 7.62. The largest absolute Gasteiger partial charge is 0.493 e. The predicted octanol–water partition coefficient (Wildman–Crippen LogP) is 3.57. The number of nitrogens with one attached hydrogen (secondary N) is 1. The SMILES string of the molecule is CCCOc1cc(C)c(S(=O)(=O)NCc2ccccc2)cc1C. The van der Waals surface area contributed by atoms with Crippen molar-refractivity contribution in [3.63, 3.8) is 0 Å². The minimum Gasteiger partial charge on any atom is -0.493 e. The van der Waals surface area contributed by atoms with Crippen LogP contribution in [0.2, 0.25) is 0 Å². The van der Waals surface area contributed by atoms with Crippen molar-refractivity contribution in [2.24, 2.45) is 0 Å². The summed E-state index contributed by atoms with van der Waals surface area (Å²) in [5, 5.41) is 0. The van der Waals surface area contributed by atoms with Crippen LogP contribution >= 0.6 is 0 Å². The topological polar surface area (TPSA) is 55.4 Å². The summed E-state index contributed by atoms with van der Waals surface area (Å²) in [5.74, 6) is 0.742. The van der Waals surface area contributed by atoms with Crippen LogP contribution in [0.5, 0.6) is 5.75 Å². The highest BCUT2D eigenvalue weighted by atomic mass is 32.2. The molecule has 0 aliphatic rings. The van der Waals surface area contributed by atoms with Crippen LogP contribution in [-0.4, -0.2) is 15.0 Å². The zero-order valence-corrected chi connectivity index (χ0v) is 14.6. The molecule has 0 unspecified atom stereocenters. The quantitative estimate of drug-likeness (QED) is 0.843. The summed E-state index contributed by atoms with van der Waals surface area (Å²) < 4.78 is 33.4. The lowest BCUT2D eigenvalue weighted by atomic mass is 10.1. The monoisotopic (exact) mass is 333 g/mol. The van der Waals surface area contributed by atoms with Gasteiger partial charge in [0.2, 0.25) is 10.0 Å².